The lowest BCUT2D eigenvalue weighted by Crippen LogP contribution is -2.48. The highest BCUT2D eigenvalue weighted by Crippen LogP contribution is 2.41. The molecule has 0 radical (unpaired) electrons. The van der Waals surface area contributed by atoms with Crippen molar-refractivity contribution >= 4 is 17.6 Å². The number of carbonyl (C=O) groups is 1. The SMILES string of the molecule is CCCN1CCC2(CCCN(C(=O)C3=CN4C(N)=Nc5c(F)cccc5C4N3)C2)C1. The van der Waals surface area contributed by atoms with Crippen LogP contribution in [0.5, 0.6) is 0 Å². The quantitative estimate of drug-likeness (QED) is 0.796. The van der Waals surface area contributed by atoms with Crippen LogP contribution in [0.4, 0.5) is 10.1 Å². The van der Waals surface area contributed by atoms with Crippen LogP contribution in [0.25, 0.3) is 0 Å². The van der Waals surface area contributed by atoms with Gasteiger partial charge in [-0.2, -0.15) is 0 Å². The number of nitrogens with two attached hydrogens (primary N) is 1. The highest BCUT2D eigenvalue weighted by molar-refractivity contribution is 5.96. The molecule has 2 saturated heterocycles. The highest BCUT2D eigenvalue weighted by Gasteiger charge is 2.44. The third-order valence-corrected chi connectivity index (χ3v) is 6.88. The minimum absolute atomic E-state index is 0.0110. The predicted molar refractivity (Wildman–Crippen MR) is 113 cm³/mol. The third-order valence-electron chi connectivity index (χ3n) is 6.88. The lowest BCUT2D eigenvalue weighted by atomic mass is 9.79. The zero-order chi connectivity index (χ0) is 20.9. The van der Waals surface area contributed by atoms with Gasteiger partial charge in [-0.1, -0.05) is 19.1 Å². The van der Waals surface area contributed by atoms with Crippen molar-refractivity contribution in [1.29, 1.82) is 0 Å². The fraction of sp³-hybridized carbons (Fsp3) is 0.545. The number of carbonyl (C=O) groups excluding carboxylic acids is 1. The van der Waals surface area contributed by atoms with E-state index in [1.165, 1.54) is 12.5 Å². The van der Waals surface area contributed by atoms with Crippen LogP contribution >= 0.6 is 0 Å². The van der Waals surface area contributed by atoms with E-state index in [1.54, 1.807) is 17.2 Å². The number of halogens is 1. The zero-order valence-electron chi connectivity index (χ0n) is 17.4. The zero-order valence-corrected chi connectivity index (χ0v) is 17.4. The standard InChI is InChI=1S/C22H29FN6O/c1-2-9-27-11-8-22(13-27)7-4-10-28(14-22)20(30)17-12-29-19(25-17)15-5-3-6-16(23)18(15)26-21(29)24/h3,5-6,12,19,25H,2,4,7-11,13-14H2,1H3,(H2,24,26). The Morgan fingerprint density at radius 1 is 1.33 bits per heavy atom. The molecule has 0 aliphatic carbocycles. The summed E-state index contributed by atoms with van der Waals surface area (Å²) < 4.78 is 14.2. The van der Waals surface area contributed by atoms with Gasteiger partial charge in [0.2, 0.25) is 5.96 Å². The van der Waals surface area contributed by atoms with Crippen molar-refractivity contribution in [2.45, 2.75) is 38.8 Å². The van der Waals surface area contributed by atoms with Crippen molar-refractivity contribution in [1.82, 2.24) is 20.0 Å². The smallest absolute Gasteiger partial charge is 0.271 e. The highest BCUT2D eigenvalue weighted by atomic mass is 19.1. The van der Waals surface area contributed by atoms with E-state index < -0.39 is 12.0 Å². The van der Waals surface area contributed by atoms with E-state index in [0.29, 0.717) is 11.3 Å². The molecular weight excluding hydrogens is 383 g/mol. The lowest BCUT2D eigenvalue weighted by Gasteiger charge is -2.40. The van der Waals surface area contributed by atoms with E-state index >= 15 is 0 Å². The van der Waals surface area contributed by atoms with Gasteiger partial charge in [0.1, 0.15) is 23.4 Å². The van der Waals surface area contributed by atoms with Crippen LogP contribution < -0.4 is 11.1 Å². The van der Waals surface area contributed by atoms with Gasteiger partial charge in [0.25, 0.3) is 5.91 Å². The number of hydrogen-bond donors (Lipinski definition) is 2. The van der Waals surface area contributed by atoms with Crippen molar-refractivity contribution in [3.05, 3.63) is 41.5 Å². The Labute approximate surface area is 176 Å². The molecule has 4 heterocycles. The Balaban J connectivity index is 1.33. The third kappa shape index (κ3) is 3.14. The maximum Gasteiger partial charge on any atom is 0.271 e. The Hall–Kier alpha value is -2.61. The molecule has 7 nitrogen and oxygen atoms in total. The van der Waals surface area contributed by atoms with Gasteiger partial charge in [-0.3, -0.25) is 9.69 Å². The first-order valence-corrected chi connectivity index (χ1v) is 10.9. The van der Waals surface area contributed by atoms with Crippen LogP contribution in [0.2, 0.25) is 0 Å². The number of benzene rings is 1. The molecule has 1 aromatic carbocycles. The van der Waals surface area contributed by atoms with Gasteiger partial charge in [-0.15, -0.1) is 0 Å². The number of nitrogens with zero attached hydrogens (tertiary/aromatic N) is 4. The molecule has 0 bridgehead atoms. The fourth-order valence-electron chi connectivity index (χ4n) is 5.47. The number of likely N-dealkylation sites (tertiary alicyclic amines) is 2. The first kappa shape index (κ1) is 19.4. The molecule has 5 rings (SSSR count). The lowest BCUT2D eigenvalue weighted by molar-refractivity contribution is -0.130. The fourth-order valence-corrected chi connectivity index (χ4v) is 5.47. The molecule has 8 heteroatoms. The minimum atomic E-state index is -0.410. The molecule has 30 heavy (non-hydrogen) atoms. The second kappa shape index (κ2) is 7.27. The summed E-state index contributed by atoms with van der Waals surface area (Å²) in [6.45, 7) is 7.12. The summed E-state index contributed by atoms with van der Waals surface area (Å²) in [6, 6.07) is 4.84. The average molecular weight is 413 g/mol. The van der Waals surface area contributed by atoms with E-state index in [-0.39, 0.29) is 23.0 Å². The number of amides is 1. The Morgan fingerprint density at radius 3 is 3.03 bits per heavy atom. The van der Waals surface area contributed by atoms with Gasteiger partial charge >= 0.3 is 0 Å². The van der Waals surface area contributed by atoms with Crippen molar-refractivity contribution in [3.63, 3.8) is 0 Å². The van der Waals surface area contributed by atoms with E-state index in [1.807, 2.05) is 11.0 Å². The molecule has 3 N–H and O–H groups in total. The molecule has 1 spiro atoms. The average Bonchev–Trinajstić information content (AvgIpc) is 3.34. The largest absolute Gasteiger partial charge is 0.369 e. The maximum atomic E-state index is 14.2. The number of aliphatic imine (C=N–C) groups is 1. The first-order chi connectivity index (χ1) is 14.5. The summed E-state index contributed by atoms with van der Waals surface area (Å²) in [6.07, 6.45) is 5.85. The van der Waals surface area contributed by atoms with Gasteiger partial charge < -0.3 is 20.9 Å². The van der Waals surface area contributed by atoms with Gasteiger partial charge in [-0.05, 0) is 44.8 Å². The van der Waals surface area contributed by atoms with Gasteiger partial charge in [0, 0.05) is 36.8 Å². The molecule has 0 aromatic heterocycles. The Morgan fingerprint density at radius 2 is 2.20 bits per heavy atom. The van der Waals surface area contributed by atoms with E-state index in [2.05, 4.69) is 22.1 Å². The number of nitrogens with one attached hydrogen (secondary N) is 1. The second-order valence-corrected chi connectivity index (χ2v) is 9.00. The van der Waals surface area contributed by atoms with Crippen LogP contribution in [0, 0.1) is 11.2 Å². The molecule has 2 atom stereocenters. The molecule has 0 saturated carbocycles. The van der Waals surface area contributed by atoms with Crippen LogP contribution in [-0.2, 0) is 4.79 Å². The molecule has 2 fully saturated rings. The van der Waals surface area contributed by atoms with Crippen LogP contribution in [0.3, 0.4) is 0 Å². The summed E-state index contributed by atoms with van der Waals surface area (Å²) in [5, 5.41) is 3.27. The van der Waals surface area contributed by atoms with Crippen LogP contribution in [0.1, 0.15) is 44.3 Å². The van der Waals surface area contributed by atoms with Crippen LogP contribution in [0.15, 0.2) is 35.1 Å². The number of fused-ring (bicyclic) bond motifs is 3. The molecule has 1 amide bonds. The summed E-state index contributed by atoms with van der Waals surface area (Å²) in [5.74, 6) is -0.232. The predicted octanol–water partition coefficient (Wildman–Crippen LogP) is 2.26. The summed E-state index contributed by atoms with van der Waals surface area (Å²) in [5.41, 5.74) is 7.71. The Bertz CT molecular complexity index is 930. The Kier molecular flexibility index (Phi) is 4.69. The monoisotopic (exact) mass is 412 g/mol. The van der Waals surface area contributed by atoms with Crippen molar-refractivity contribution in [2.75, 3.05) is 32.7 Å². The second-order valence-electron chi connectivity index (χ2n) is 9.00. The molecular formula is C22H29FN6O. The number of rotatable bonds is 3. The molecule has 2 unspecified atom stereocenters. The number of piperidine rings is 1. The van der Waals surface area contributed by atoms with E-state index in [0.717, 1.165) is 52.0 Å². The first-order valence-electron chi connectivity index (χ1n) is 10.9. The summed E-state index contributed by atoms with van der Waals surface area (Å²) >= 11 is 0. The minimum Gasteiger partial charge on any atom is -0.369 e. The van der Waals surface area contributed by atoms with Gasteiger partial charge in [0.05, 0.1) is 0 Å². The molecule has 1 aromatic rings. The molecule has 4 aliphatic rings. The van der Waals surface area contributed by atoms with Crippen molar-refractivity contribution < 1.29 is 9.18 Å². The topological polar surface area (TPSA) is 77.2 Å². The number of para-hydroxylation sites is 1. The number of hydrogen-bond acceptors (Lipinski definition) is 6. The van der Waals surface area contributed by atoms with Crippen molar-refractivity contribution in [3.8, 4) is 0 Å². The number of guanidine groups is 1. The van der Waals surface area contributed by atoms with E-state index in [4.69, 9.17) is 5.73 Å². The van der Waals surface area contributed by atoms with E-state index in [9.17, 15) is 9.18 Å². The van der Waals surface area contributed by atoms with Crippen LogP contribution in [-0.4, -0.2) is 59.3 Å². The van der Waals surface area contributed by atoms with Gasteiger partial charge in [-0.25, -0.2) is 9.38 Å². The molecule has 4 aliphatic heterocycles. The summed E-state index contributed by atoms with van der Waals surface area (Å²) in [7, 11) is 0. The van der Waals surface area contributed by atoms with Crippen molar-refractivity contribution in [2.24, 2.45) is 16.1 Å². The molecule has 160 valence electrons. The maximum absolute atomic E-state index is 14.2. The summed E-state index contributed by atoms with van der Waals surface area (Å²) in [4.78, 5) is 23.8. The normalized spacial score (nSPS) is 28.1. The van der Waals surface area contributed by atoms with Gasteiger partial charge in [0.15, 0.2) is 0 Å².